The molecule has 1 aromatic carbocycles. The molecule has 0 aliphatic carbocycles. The Hall–Kier alpha value is -1.53. The van der Waals surface area contributed by atoms with E-state index in [1.165, 1.54) is 0 Å². The second kappa shape index (κ2) is 6.27. The van der Waals surface area contributed by atoms with Gasteiger partial charge in [-0.25, -0.2) is 0 Å². The maximum atomic E-state index is 8.57. The lowest BCUT2D eigenvalue weighted by Crippen LogP contribution is -2.21. The molecule has 1 aliphatic rings. The number of benzene rings is 1. The van der Waals surface area contributed by atoms with Gasteiger partial charge >= 0.3 is 0 Å². The van der Waals surface area contributed by atoms with Crippen LogP contribution in [0.15, 0.2) is 24.3 Å². The van der Waals surface area contributed by atoms with Crippen LogP contribution in [0.5, 0.6) is 5.75 Å². The summed E-state index contributed by atoms with van der Waals surface area (Å²) in [7, 11) is 0. The van der Waals surface area contributed by atoms with Crippen molar-refractivity contribution in [2.75, 3.05) is 19.8 Å². The van der Waals surface area contributed by atoms with E-state index in [2.05, 4.69) is 6.07 Å². The third-order valence-corrected chi connectivity index (χ3v) is 3.03. The van der Waals surface area contributed by atoms with Gasteiger partial charge in [0.05, 0.1) is 19.1 Å². The molecule has 0 bridgehead atoms. The minimum Gasteiger partial charge on any atom is -0.493 e. The fourth-order valence-corrected chi connectivity index (χ4v) is 1.92. The molecule has 1 aliphatic heterocycles. The van der Waals surface area contributed by atoms with Crippen LogP contribution in [0.2, 0.25) is 0 Å². The van der Waals surface area contributed by atoms with Crippen molar-refractivity contribution < 1.29 is 9.47 Å². The van der Waals surface area contributed by atoms with Gasteiger partial charge in [0.1, 0.15) is 5.75 Å². The minimum absolute atomic E-state index is 0.459. The lowest BCUT2D eigenvalue weighted by Gasteiger charge is -2.22. The second-order valence-corrected chi connectivity index (χ2v) is 4.35. The Kier molecular flexibility index (Phi) is 4.40. The van der Waals surface area contributed by atoms with Gasteiger partial charge in [0.2, 0.25) is 0 Å². The number of nitriles is 1. The Labute approximate surface area is 102 Å². The number of nitrogens with zero attached hydrogens (tertiary/aromatic N) is 1. The normalized spacial score (nSPS) is 16.4. The molecule has 3 nitrogen and oxygen atoms in total. The molecule has 0 N–H and O–H groups in total. The van der Waals surface area contributed by atoms with Gasteiger partial charge in [0, 0.05) is 13.2 Å². The summed E-state index contributed by atoms with van der Waals surface area (Å²) in [6.07, 6.45) is 2.64. The molecule has 1 saturated heterocycles. The summed E-state index contributed by atoms with van der Waals surface area (Å²) in [6.45, 7) is 2.48. The van der Waals surface area contributed by atoms with Crippen LogP contribution in [0.3, 0.4) is 0 Å². The Morgan fingerprint density at radius 2 is 1.94 bits per heavy atom. The number of ether oxygens (including phenoxy) is 2. The van der Waals surface area contributed by atoms with Crippen LogP contribution < -0.4 is 4.74 Å². The molecule has 0 radical (unpaired) electrons. The van der Waals surface area contributed by atoms with Crippen molar-refractivity contribution in [1.29, 1.82) is 5.26 Å². The van der Waals surface area contributed by atoms with Gasteiger partial charge in [-0.1, -0.05) is 12.1 Å². The quantitative estimate of drug-likeness (QED) is 0.799. The van der Waals surface area contributed by atoms with Crippen LogP contribution in [-0.2, 0) is 11.2 Å². The zero-order chi connectivity index (χ0) is 11.9. The first-order chi connectivity index (χ1) is 8.38. The number of rotatable bonds is 4. The van der Waals surface area contributed by atoms with Crippen LogP contribution in [0, 0.1) is 17.2 Å². The van der Waals surface area contributed by atoms with Crippen molar-refractivity contribution in [3.63, 3.8) is 0 Å². The monoisotopic (exact) mass is 231 g/mol. The molecule has 0 aromatic heterocycles. The van der Waals surface area contributed by atoms with Crippen LogP contribution in [0.25, 0.3) is 0 Å². The maximum Gasteiger partial charge on any atom is 0.119 e. The van der Waals surface area contributed by atoms with Gasteiger partial charge in [0.25, 0.3) is 0 Å². The summed E-state index contributed by atoms with van der Waals surface area (Å²) in [5.41, 5.74) is 1.03. The SMILES string of the molecule is N#CCc1ccc(OCC2CCOCC2)cc1. The summed E-state index contributed by atoms with van der Waals surface area (Å²) in [6, 6.07) is 9.90. The summed E-state index contributed by atoms with van der Waals surface area (Å²) in [5, 5.41) is 8.57. The molecule has 2 rings (SSSR count). The molecule has 0 amide bonds. The van der Waals surface area contributed by atoms with Crippen LogP contribution in [0.1, 0.15) is 18.4 Å². The van der Waals surface area contributed by atoms with Gasteiger partial charge in [-0.2, -0.15) is 5.26 Å². The van der Waals surface area contributed by atoms with Gasteiger partial charge in [-0.05, 0) is 36.5 Å². The zero-order valence-corrected chi connectivity index (χ0v) is 9.89. The van der Waals surface area contributed by atoms with E-state index in [1.807, 2.05) is 24.3 Å². The Balaban J connectivity index is 1.80. The van der Waals surface area contributed by atoms with E-state index < -0.39 is 0 Å². The summed E-state index contributed by atoms with van der Waals surface area (Å²) >= 11 is 0. The van der Waals surface area contributed by atoms with Crippen molar-refractivity contribution >= 4 is 0 Å². The van der Waals surface area contributed by atoms with E-state index in [0.29, 0.717) is 12.3 Å². The Morgan fingerprint density at radius 3 is 2.59 bits per heavy atom. The molecule has 1 aromatic rings. The van der Waals surface area contributed by atoms with Crippen molar-refractivity contribution in [3.8, 4) is 11.8 Å². The second-order valence-electron chi connectivity index (χ2n) is 4.35. The smallest absolute Gasteiger partial charge is 0.119 e. The predicted octanol–water partition coefficient (Wildman–Crippen LogP) is 2.56. The highest BCUT2D eigenvalue weighted by Gasteiger charge is 2.14. The highest BCUT2D eigenvalue weighted by atomic mass is 16.5. The molecular formula is C14H17NO2. The van der Waals surface area contributed by atoms with Crippen molar-refractivity contribution in [3.05, 3.63) is 29.8 Å². The molecule has 3 heteroatoms. The molecular weight excluding hydrogens is 214 g/mol. The first kappa shape index (κ1) is 11.9. The van der Waals surface area contributed by atoms with E-state index in [0.717, 1.165) is 44.0 Å². The van der Waals surface area contributed by atoms with E-state index in [-0.39, 0.29) is 0 Å². The fourth-order valence-electron chi connectivity index (χ4n) is 1.92. The average molecular weight is 231 g/mol. The van der Waals surface area contributed by atoms with E-state index in [9.17, 15) is 0 Å². The highest BCUT2D eigenvalue weighted by Crippen LogP contribution is 2.18. The molecule has 0 spiro atoms. The van der Waals surface area contributed by atoms with E-state index >= 15 is 0 Å². The van der Waals surface area contributed by atoms with Crippen molar-refractivity contribution in [2.45, 2.75) is 19.3 Å². The third-order valence-electron chi connectivity index (χ3n) is 3.03. The molecule has 17 heavy (non-hydrogen) atoms. The standard InChI is InChI=1S/C14H17NO2/c15-8-5-12-1-3-14(4-2-12)17-11-13-6-9-16-10-7-13/h1-4,13H,5-7,9-11H2. The van der Waals surface area contributed by atoms with Crippen LogP contribution in [-0.4, -0.2) is 19.8 Å². The fraction of sp³-hybridized carbons (Fsp3) is 0.500. The lowest BCUT2D eigenvalue weighted by atomic mass is 10.0. The van der Waals surface area contributed by atoms with E-state index in [1.54, 1.807) is 0 Å². The Bertz CT molecular complexity index is 374. The summed E-state index contributed by atoms with van der Waals surface area (Å²) < 4.78 is 11.0. The number of hydrogen-bond donors (Lipinski definition) is 0. The van der Waals surface area contributed by atoms with Crippen molar-refractivity contribution in [2.24, 2.45) is 5.92 Å². The zero-order valence-electron chi connectivity index (χ0n) is 9.89. The van der Waals surface area contributed by atoms with Gasteiger partial charge in [-0.15, -0.1) is 0 Å². The van der Waals surface area contributed by atoms with Gasteiger partial charge < -0.3 is 9.47 Å². The van der Waals surface area contributed by atoms with Crippen LogP contribution >= 0.6 is 0 Å². The summed E-state index contributed by atoms with van der Waals surface area (Å²) in [5.74, 6) is 1.50. The van der Waals surface area contributed by atoms with Crippen molar-refractivity contribution in [1.82, 2.24) is 0 Å². The topological polar surface area (TPSA) is 42.2 Å². The maximum absolute atomic E-state index is 8.57. The lowest BCUT2D eigenvalue weighted by molar-refractivity contribution is 0.0497. The molecule has 90 valence electrons. The first-order valence-electron chi connectivity index (χ1n) is 6.05. The first-order valence-corrected chi connectivity index (χ1v) is 6.05. The van der Waals surface area contributed by atoms with Gasteiger partial charge in [0.15, 0.2) is 0 Å². The number of hydrogen-bond acceptors (Lipinski definition) is 3. The summed E-state index contributed by atoms with van der Waals surface area (Å²) in [4.78, 5) is 0. The molecule has 0 saturated carbocycles. The molecule has 1 heterocycles. The molecule has 1 fully saturated rings. The molecule has 0 unspecified atom stereocenters. The highest BCUT2D eigenvalue weighted by molar-refractivity contribution is 5.28. The average Bonchev–Trinajstić information content (AvgIpc) is 2.40. The minimum atomic E-state index is 0.459. The van der Waals surface area contributed by atoms with E-state index in [4.69, 9.17) is 14.7 Å². The molecule has 0 atom stereocenters. The predicted molar refractivity (Wildman–Crippen MR) is 64.8 cm³/mol. The largest absolute Gasteiger partial charge is 0.493 e. The van der Waals surface area contributed by atoms with Crippen LogP contribution in [0.4, 0.5) is 0 Å². The van der Waals surface area contributed by atoms with Gasteiger partial charge in [-0.3, -0.25) is 0 Å². The Morgan fingerprint density at radius 1 is 1.24 bits per heavy atom. The third kappa shape index (κ3) is 3.76.